The van der Waals surface area contributed by atoms with Crippen molar-refractivity contribution in [2.75, 3.05) is 18.9 Å². The van der Waals surface area contributed by atoms with Crippen molar-refractivity contribution in [3.63, 3.8) is 0 Å². The summed E-state index contributed by atoms with van der Waals surface area (Å²) in [5.41, 5.74) is 5.31. The van der Waals surface area contributed by atoms with Crippen LogP contribution in [0, 0.1) is 0 Å². The predicted octanol–water partition coefficient (Wildman–Crippen LogP) is 2.39. The fourth-order valence-corrected chi connectivity index (χ4v) is 1.24. The first-order valence-electron chi connectivity index (χ1n) is 5.10. The van der Waals surface area contributed by atoms with Crippen LogP contribution in [0.1, 0.15) is 17.3 Å². The first-order chi connectivity index (χ1) is 8.35. The van der Waals surface area contributed by atoms with Gasteiger partial charge in [-0.3, -0.25) is 0 Å². The quantitative estimate of drug-likeness (QED) is 0.669. The maximum atomic E-state index is 12.1. The molecule has 1 rings (SSSR count). The summed E-state index contributed by atoms with van der Waals surface area (Å²) in [6.07, 6.45) is -4.51. The van der Waals surface area contributed by atoms with Gasteiger partial charge in [-0.2, -0.15) is 13.2 Å². The highest BCUT2D eigenvalue weighted by atomic mass is 19.4. The van der Waals surface area contributed by atoms with E-state index in [-0.39, 0.29) is 23.6 Å². The molecule has 0 fully saturated rings. The summed E-state index contributed by atoms with van der Waals surface area (Å²) in [6.45, 7) is 0.167. The molecule has 0 heterocycles. The summed E-state index contributed by atoms with van der Waals surface area (Å²) in [5.74, 6) is -1.09. The lowest BCUT2D eigenvalue weighted by Gasteiger charge is -2.14. The Kier molecular flexibility index (Phi) is 4.41. The van der Waals surface area contributed by atoms with E-state index in [9.17, 15) is 18.0 Å². The molecule has 0 saturated carbocycles. The van der Waals surface area contributed by atoms with Gasteiger partial charge in [-0.25, -0.2) is 4.79 Å². The standard InChI is InChI=1S/C11H12F3NO3/c1-2-17-10(16)7-4-3-5-8(15)9(7)18-6-11(12,13)14/h3-5H,2,6,15H2,1H3. The summed E-state index contributed by atoms with van der Waals surface area (Å²) in [4.78, 5) is 11.5. The van der Waals surface area contributed by atoms with E-state index in [1.54, 1.807) is 6.92 Å². The van der Waals surface area contributed by atoms with Crippen molar-refractivity contribution in [2.45, 2.75) is 13.1 Å². The van der Waals surface area contributed by atoms with Gasteiger partial charge in [-0.1, -0.05) is 6.07 Å². The summed E-state index contributed by atoms with van der Waals surface area (Å²) >= 11 is 0. The van der Waals surface area contributed by atoms with E-state index in [2.05, 4.69) is 4.74 Å². The van der Waals surface area contributed by atoms with Crippen LogP contribution in [0.25, 0.3) is 0 Å². The molecule has 0 aromatic heterocycles. The molecule has 0 unspecified atom stereocenters. The van der Waals surface area contributed by atoms with Crippen molar-refractivity contribution in [3.05, 3.63) is 23.8 Å². The summed E-state index contributed by atoms with van der Waals surface area (Å²) in [7, 11) is 0. The normalized spacial score (nSPS) is 11.1. The molecular weight excluding hydrogens is 251 g/mol. The number of rotatable bonds is 4. The Balaban J connectivity index is 2.97. The van der Waals surface area contributed by atoms with Crippen molar-refractivity contribution < 1.29 is 27.4 Å². The maximum Gasteiger partial charge on any atom is 0.422 e. The third kappa shape index (κ3) is 3.83. The average molecular weight is 263 g/mol. The number of nitrogens with two attached hydrogens (primary N) is 1. The molecule has 0 aliphatic heterocycles. The van der Waals surface area contributed by atoms with Gasteiger partial charge < -0.3 is 15.2 Å². The van der Waals surface area contributed by atoms with Gasteiger partial charge in [-0.15, -0.1) is 0 Å². The molecule has 0 spiro atoms. The minimum absolute atomic E-state index is 0.0511. The van der Waals surface area contributed by atoms with Crippen LogP contribution in [0.4, 0.5) is 18.9 Å². The monoisotopic (exact) mass is 263 g/mol. The Bertz CT molecular complexity index is 432. The fourth-order valence-electron chi connectivity index (χ4n) is 1.24. The molecule has 0 bridgehead atoms. The summed E-state index contributed by atoms with van der Waals surface area (Å²) in [6, 6.07) is 4.07. The number of hydrogen-bond donors (Lipinski definition) is 1. The van der Waals surface area contributed by atoms with Gasteiger partial charge in [0, 0.05) is 0 Å². The Morgan fingerprint density at radius 2 is 2.06 bits per heavy atom. The first kappa shape index (κ1) is 14.1. The molecule has 2 N–H and O–H groups in total. The third-order valence-electron chi connectivity index (χ3n) is 1.92. The molecular formula is C11H12F3NO3. The lowest BCUT2D eigenvalue weighted by molar-refractivity contribution is -0.153. The van der Waals surface area contributed by atoms with Gasteiger partial charge in [0.15, 0.2) is 12.4 Å². The van der Waals surface area contributed by atoms with Crippen molar-refractivity contribution in [1.82, 2.24) is 0 Å². The second-order valence-corrected chi connectivity index (χ2v) is 3.35. The SMILES string of the molecule is CCOC(=O)c1cccc(N)c1OCC(F)(F)F. The van der Waals surface area contributed by atoms with E-state index in [0.717, 1.165) is 0 Å². The van der Waals surface area contributed by atoms with Crippen molar-refractivity contribution in [2.24, 2.45) is 0 Å². The number of halogens is 3. The smallest absolute Gasteiger partial charge is 0.422 e. The van der Waals surface area contributed by atoms with Gasteiger partial charge in [0.25, 0.3) is 0 Å². The van der Waals surface area contributed by atoms with Gasteiger partial charge in [-0.05, 0) is 19.1 Å². The molecule has 0 aliphatic carbocycles. The molecule has 0 radical (unpaired) electrons. The van der Waals surface area contributed by atoms with Crippen LogP contribution in [-0.4, -0.2) is 25.4 Å². The van der Waals surface area contributed by atoms with Crippen LogP contribution < -0.4 is 10.5 Å². The Morgan fingerprint density at radius 1 is 1.39 bits per heavy atom. The maximum absolute atomic E-state index is 12.1. The number of alkyl halides is 3. The molecule has 1 aromatic carbocycles. The molecule has 0 atom stereocenters. The van der Waals surface area contributed by atoms with E-state index in [0.29, 0.717) is 0 Å². The van der Waals surface area contributed by atoms with Gasteiger partial charge >= 0.3 is 12.1 Å². The number of hydrogen-bond acceptors (Lipinski definition) is 4. The van der Waals surface area contributed by atoms with Crippen LogP contribution in [0.3, 0.4) is 0 Å². The van der Waals surface area contributed by atoms with Crippen molar-refractivity contribution >= 4 is 11.7 Å². The molecule has 0 aliphatic rings. The minimum atomic E-state index is -4.51. The summed E-state index contributed by atoms with van der Waals surface area (Å²) < 4.78 is 45.5. The van der Waals surface area contributed by atoms with Crippen LogP contribution >= 0.6 is 0 Å². The fraction of sp³-hybridized carbons (Fsp3) is 0.364. The van der Waals surface area contributed by atoms with Crippen LogP contribution in [-0.2, 0) is 4.74 Å². The van der Waals surface area contributed by atoms with Gasteiger partial charge in [0.2, 0.25) is 0 Å². The number of benzene rings is 1. The molecule has 7 heteroatoms. The second-order valence-electron chi connectivity index (χ2n) is 3.35. The minimum Gasteiger partial charge on any atom is -0.481 e. The van der Waals surface area contributed by atoms with Crippen LogP contribution in [0.2, 0.25) is 0 Å². The van der Waals surface area contributed by atoms with Crippen molar-refractivity contribution in [3.8, 4) is 5.75 Å². The second kappa shape index (κ2) is 5.61. The molecule has 18 heavy (non-hydrogen) atoms. The lowest BCUT2D eigenvalue weighted by Crippen LogP contribution is -2.21. The van der Waals surface area contributed by atoms with Crippen LogP contribution in [0.15, 0.2) is 18.2 Å². The molecule has 0 saturated heterocycles. The van der Waals surface area contributed by atoms with E-state index in [1.165, 1.54) is 18.2 Å². The molecule has 100 valence electrons. The van der Waals surface area contributed by atoms with Gasteiger partial charge in [0.05, 0.1) is 12.3 Å². The number of ether oxygens (including phenoxy) is 2. The number of anilines is 1. The Labute approximate surface area is 101 Å². The van der Waals surface area contributed by atoms with E-state index < -0.39 is 18.8 Å². The number of carbonyl (C=O) groups excluding carboxylic acids is 1. The zero-order valence-corrected chi connectivity index (χ0v) is 9.58. The van der Waals surface area contributed by atoms with E-state index in [1.807, 2.05) is 0 Å². The number of carbonyl (C=O) groups is 1. The largest absolute Gasteiger partial charge is 0.481 e. The highest BCUT2D eigenvalue weighted by Gasteiger charge is 2.30. The first-order valence-corrected chi connectivity index (χ1v) is 5.10. The van der Waals surface area contributed by atoms with E-state index >= 15 is 0 Å². The van der Waals surface area contributed by atoms with Crippen molar-refractivity contribution in [1.29, 1.82) is 0 Å². The highest BCUT2D eigenvalue weighted by Crippen LogP contribution is 2.29. The summed E-state index contributed by atoms with van der Waals surface area (Å²) in [5, 5.41) is 0. The molecule has 0 amide bonds. The third-order valence-corrected chi connectivity index (χ3v) is 1.92. The molecule has 4 nitrogen and oxygen atoms in total. The number of esters is 1. The predicted molar refractivity (Wildman–Crippen MR) is 58.4 cm³/mol. The molecule has 1 aromatic rings. The highest BCUT2D eigenvalue weighted by molar-refractivity contribution is 5.94. The zero-order chi connectivity index (χ0) is 13.8. The van der Waals surface area contributed by atoms with Gasteiger partial charge in [0.1, 0.15) is 5.56 Å². The van der Waals surface area contributed by atoms with E-state index in [4.69, 9.17) is 10.5 Å². The number of nitrogen functional groups attached to an aromatic ring is 1. The average Bonchev–Trinajstić information content (AvgIpc) is 2.26. The van der Waals surface area contributed by atoms with Crippen LogP contribution in [0.5, 0.6) is 5.75 Å². The lowest BCUT2D eigenvalue weighted by atomic mass is 10.2. The topological polar surface area (TPSA) is 61.5 Å². The zero-order valence-electron chi connectivity index (χ0n) is 9.58. The Morgan fingerprint density at radius 3 is 2.61 bits per heavy atom. The Hall–Kier alpha value is -1.92. The number of para-hydroxylation sites is 1.